The van der Waals surface area contributed by atoms with Crippen LogP contribution in [-0.4, -0.2) is 20.4 Å². The second kappa shape index (κ2) is 5.98. The molecule has 0 saturated carbocycles. The minimum atomic E-state index is -0.749. The predicted octanol–water partition coefficient (Wildman–Crippen LogP) is 1.36. The molecule has 0 unspecified atom stereocenters. The fraction of sp³-hybridized carbons (Fsp3) is 0. The van der Waals surface area contributed by atoms with Crippen LogP contribution in [0, 0.1) is 0 Å². The molecule has 1 heterocycles. The molecule has 116 valence electrons. The number of nitrogens with zero attached hydrogens (tertiary/aromatic N) is 2. The number of para-hydroxylation sites is 1. The van der Waals surface area contributed by atoms with Crippen molar-refractivity contribution >= 4 is 17.5 Å². The SMILES string of the molecule is O=C(Nn1c(=O)[nH]n(-c2ccccc2)c1=O)c1ccc(Cl)cc1. The van der Waals surface area contributed by atoms with E-state index < -0.39 is 17.3 Å². The minimum absolute atomic E-state index is 0.271. The van der Waals surface area contributed by atoms with Crippen LogP contribution in [0.4, 0.5) is 0 Å². The van der Waals surface area contributed by atoms with Gasteiger partial charge in [-0.05, 0) is 36.4 Å². The number of aromatic amines is 1. The number of carbonyl (C=O) groups excluding carboxylic acids is 1. The molecule has 2 N–H and O–H groups in total. The fourth-order valence-corrected chi connectivity index (χ4v) is 2.12. The summed E-state index contributed by atoms with van der Waals surface area (Å²) >= 11 is 5.75. The molecule has 1 aromatic heterocycles. The third-order valence-electron chi connectivity index (χ3n) is 3.13. The van der Waals surface area contributed by atoms with Crippen LogP contribution in [-0.2, 0) is 0 Å². The van der Waals surface area contributed by atoms with Crippen molar-refractivity contribution in [2.24, 2.45) is 0 Å². The maximum Gasteiger partial charge on any atom is 0.371 e. The van der Waals surface area contributed by atoms with E-state index in [-0.39, 0.29) is 5.56 Å². The fourth-order valence-electron chi connectivity index (χ4n) is 2.00. The molecule has 0 aliphatic carbocycles. The van der Waals surface area contributed by atoms with Gasteiger partial charge in [0.25, 0.3) is 5.91 Å². The molecular formula is C15H11ClN4O3. The number of hydrogen-bond acceptors (Lipinski definition) is 3. The Balaban J connectivity index is 1.94. The van der Waals surface area contributed by atoms with Gasteiger partial charge in [0.1, 0.15) is 0 Å². The quantitative estimate of drug-likeness (QED) is 0.760. The van der Waals surface area contributed by atoms with Crippen molar-refractivity contribution < 1.29 is 4.79 Å². The van der Waals surface area contributed by atoms with Crippen molar-refractivity contribution in [1.82, 2.24) is 14.5 Å². The van der Waals surface area contributed by atoms with Crippen LogP contribution in [0.1, 0.15) is 10.4 Å². The van der Waals surface area contributed by atoms with Crippen LogP contribution < -0.4 is 16.8 Å². The lowest BCUT2D eigenvalue weighted by molar-refractivity contribution is 0.101. The van der Waals surface area contributed by atoms with E-state index in [0.717, 1.165) is 4.68 Å². The number of hydrogen-bond donors (Lipinski definition) is 2. The number of aromatic nitrogens is 3. The van der Waals surface area contributed by atoms with Gasteiger partial charge in [-0.2, -0.15) is 4.68 Å². The van der Waals surface area contributed by atoms with E-state index >= 15 is 0 Å². The summed E-state index contributed by atoms with van der Waals surface area (Å²) in [4.78, 5) is 36.3. The summed E-state index contributed by atoms with van der Waals surface area (Å²) in [7, 11) is 0. The van der Waals surface area contributed by atoms with E-state index in [1.165, 1.54) is 12.1 Å². The zero-order valence-electron chi connectivity index (χ0n) is 11.7. The van der Waals surface area contributed by atoms with E-state index in [1.807, 2.05) is 0 Å². The topological polar surface area (TPSA) is 88.9 Å². The van der Waals surface area contributed by atoms with Crippen molar-refractivity contribution in [3.8, 4) is 5.69 Å². The Morgan fingerprint density at radius 2 is 1.65 bits per heavy atom. The Labute approximate surface area is 134 Å². The molecule has 3 aromatic rings. The van der Waals surface area contributed by atoms with Crippen molar-refractivity contribution in [2.75, 3.05) is 5.43 Å². The lowest BCUT2D eigenvalue weighted by atomic mass is 10.2. The highest BCUT2D eigenvalue weighted by molar-refractivity contribution is 6.30. The third-order valence-corrected chi connectivity index (χ3v) is 3.38. The smallest absolute Gasteiger partial charge is 0.267 e. The van der Waals surface area contributed by atoms with Crippen LogP contribution in [0.25, 0.3) is 5.69 Å². The van der Waals surface area contributed by atoms with Crippen LogP contribution in [0.5, 0.6) is 0 Å². The number of nitrogens with one attached hydrogen (secondary N) is 2. The van der Waals surface area contributed by atoms with Crippen molar-refractivity contribution in [3.63, 3.8) is 0 Å². The average molecular weight is 331 g/mol. The Morgan fingerprint density at radius 1 is 1.00 bits per heavy atom. The first-order valence-corrected chi connectivity index (χ1v) is 7.00. The lowest BCUT2D eigenvalue weighted by Gasteiger charge is -2.03. The number of halogens is 1. The van der Waals surface area contributed by atoms with E-state index in [9.17, 15) is 14.4 Å². The molecular weight excluding hydrogens is 320 g/mol. The molecule has 1 amide bonds. The highest BCUT2D eigenvalue weighted by Crippen LogP contribution is 2.09. The van der Waals surface area contributed by atoms with E-state index in [4.69, 9.17) is 11.6 Å². The zero-order valence-corrected chi connectivity index (χ0v) is 12.4. The van der Waals surface area contributed by atoms with Gasteiger partial charge in [0.15, 0.2) is 0 Å². The van der Waals surface area contributed by atoms with Gasteiger partial charge < -0.3 is 0 Å². The summed E-state index contributed by atoms with van der Waals surface area (Å²) in [6.07, 6.45) is 0. The average Bonchev–Trinajstić information content (AvgIpc) is 2.84. The van der Waals surface area contributed by atoms with Gasteiger partial charge in [0.2, 0.25) is 0 Å². The number of H-pyrrole nitrogens is 1. The first-order chi connectivity index (χ1) is 11.1. The summed E-state index contributed by atoms with van der Waals surface area (Å²) in [5.41, 5.74) is 1.56. The molecule has 0 fully saturated rings. The Bertz CT molecular complexity index is 955. The summed E-state index contributed by atoms with van der Waals surface area (Å²) < 4.78 is 1.66. The van der Waals surface area contributed by atoms with Gasteiger partial charge >= 0.3 is 11.4 Å². The van der Waals surface area contributed by atoms with Crippen LogP contribution in [0.3, 0.4) is 0 Å². The monoisotopic (exact) mass is 330 g/mol. The second-order valence-corrected chi connectivity index (χ2v) is 5.09. The Morgan fingerprint density at radius 3 is 2.30 bits per heavy atom. The molecule has 0 radical (unpaired) electrons. The molecule has 2 aromatic carbocycles. The number of carbonyl (C=O) groups is 1. The molecule has 0 bridgehead atoms. The van der Waals surface area contributed by atoms with Gasteiger partial charge in [0, 0.05) is 10.6 Å². The standard InChI is InChI=1S/C15H11ClN4O3/c16-11-8-6-10(7-9-11)13(21)17-20-14(22)18-19(15(20)23)12-4-2-1-3-5-12/h1-9H,(H,17,21)(H,18,22). The maximum absolute atomic E-state index is 12.3. The van der Waals surface area contributed by atoms with Gasteiger partial charge in [0.05, 0.1) is 5.69 Å². The summed E-state index contributed by atoms with van der Waals surface area (Å²) in [5, 5.41) is 2.85. The largest absolute Gasteiger partial charge is 0.371 e. The van der Waals surface area contributed by atoms with Gasteiger partial charge in [-0.15, -0.1) is 4.68 Å². The molecule has 7 nitrogen and oxygen atoms in total. The zero-order chi connectivity index (χ0) is 16.4. The first-order valence-electron chi connectivity index (χ1n) is 6.63. The Hall–Kier alpha value is -3.06. The Kier molecular flexibility index (Phi) is 3.86. The highest BCUT2D eigenvalue weighted by atomic mass is 35.5. The summed E-state index contributed by atoms with van der Waals surface area (Å²) in [5.74, 6) is -0.597. The van der Waals surface area contributed by atoms with Crippen LogP contribution in [0.2, 0.25) is 5.02 Å². The third kappa shape index (κ3) is 2.95. The summed E-state index contributed by atoms with van der Waals surface area (Å²) in [6, 6.07) is 14.6. The second-order valence-electron chi connectivity index (χ2n) is 4.65. The molecule has 8 heteroatoms. The highest BCUT2D eigenvalue weighted by Gasteiger charge is 2.14. The van der Waals surface area contributed by atoms with Crippen LogP contribution in [0.15, 0.2) is 64.2 Å². The predicted molar refractivity (Wildman–Crippen MR) is 85.8 cm³/mol. The van der Waals surface area contributed by atoms with Gasteiger partial charge in [-0.1, -0.05) is 29.8 Å². The molecule has 0 aliphatic rings. The molecule has 3 rings (SSSR count). The molecule has 0 aliphatic heterocycles. The molecule has 0 saturated heterocycles. The van der Waals surface area contributed by atoms with Gasteiger partial charge in [-0.25, -0.2) is 14.7 Å². The lowest BCUT2D eigenvalue weighted by Crippen LogP contribution is -2.39. The molecule has 0 atom stereocenters. The van der Waals surface area contributed by atoms with Gasteiger partial charge in [-0.3, -0.25) is 10.2 Å². The number of amides is 1. The van der Waals surface area contributed by atoms with E-state index in [1.54, 1.807) is 42.5 Å². The van der Waals surface area contributed by atoms with Crippen molar-refractivity contribution in [2.45, 2.75) is 0 Å². The minimum Gasteiger partial charge on any atom is -0.267 e. The number of benzene rings is 2. The molecule has 23 heavy (non-hydrogen) atoms. The normalized spacial score (nSPS) is 10.5. The van der Waals surface area contributed by atoms with Crippen molar-refractivity contribution in [3.05, 3.63) is 86.2 Å². The van der Waals surface area contributed by atoms with Crippen molar-refractivity contribution in [1.29, 1.82) is 0 Å². The summed E-state index contributed by atoms with van der Waals surface area (Å²) in [6.45, 7) is 0. The molecule has 0 spiro atoms. The number of rotatable bonds is 3. The first kappa shape index (κ1) is 14.9. The van der Waals surface area contributed by atoms with Crippen LogP contribution >= 0.6 is 11.6 Å². The van der Waals surface area contributed by atoms with E-state index in [0.29, 0.717) is 15.4 Å². The maximum atomic E-state index is 12.3. The van der Waals surface area contributed by atoms with E-state index in [2.05, 4.69) is 10.5 Å².